The summed E-state index contributed by atoms with van der Waals surface area (Å²) < 4.78 is 1.92. The number of Topliss-reactive ketones (excluding diaryl/α,β-unsaturated/α-hetero) is 1. The molecule has 0 saturated heterocycles. The van der Waals surface area contributed by atoms with Crippen LogP contribution in [0.5, 0.6) is 0 Å². The van der Waals surface area contributed by atoms with E-state index in [1.54, 1.807) is 0 Å². The summed E-state index contributed by atoms with van der Waals surface area (Å²) in [5.74, 6) is 0.172. The van der Waals surface area contributed by atoms with E-state index in [0.29, 0.717) is 0 Å². The first kappa shape index (κ1) is 10.2. The van der Waals surface area contributed by atoms with E-state index < -0.39 is 0 Å². The Morgan fingerprint density at radius 1 is 1.17 bits per heavy atom. The van der Waals surface area contributed by atoms with Gasteiger partial charge in [0.15, 0.2) is 5.78 Å². The van der Waals surface area contributed by atoms with Gasteiger partial charge in [-0.3, -0.25) is 4.79 Å². The van der Waals surface area contributed by atoms with Gasteiger partial charge in [-0.1, -0.05) is 38.8 Å². The lowest BCUT2D eigenvalue weighted by Crippen LogP contribution is -2.18. The third kappa shape index (κ3) is 1.44. The lowest BCUT2D eigenvalue weighted by atomic mass is 9.92. The highest BCUT2D eigenvalue weighted by Crippen LogP contribution is 2.37. The zero-order chi connectivity index (χ0) is 9.46. The first-order chi connectivity index (χ1) is 5.46. The summed E-state index contributed by atoms with van der Waals surface area (Å²) in [6, 6.07) is 0. The van der Waals surface area contributed by atoms with Crippen LogP contribution in [0.3, 0.4) is 0 Å². The molecule has 3 heteroatoms. The minimum Gasteiger partial charge on any atom is -0.294 e. The van der Waals surface area contributed by atoms with E-state index in [4.69, 9.17) is 0 Å². The smallest absolute Gasteiger partial charge is 0.167 e. The quantitative estimate of drug-likeness (QED) is 0.668. The lowest BCUT2D eigenvalue weighted by molar-refractivity contribution is -0.117. The summed E-state index contributed by atoms with van der Waals surface area (Å²) in [5, 5.41) is 0. The lowest BCUT2D eigenvalue weighted by Gasteiger charge is -2.20. The summed E-state index contributed by atoms with van der Waals surface area (Å²) in [5.41, 5.74) is 1.95. The van der Waals surface area contributed by atoms with E-state index in [1.165, 1.54) is 0 Å². The van der Waals surface area contributed by atoms with Gasteiger partial charge in [0.1, 0.15) is 0 Å². The Bertz CT molecular complexity index is 300. The molecule has 1 aliphatic rings. The molecular formula is C9H10Br2O. The van der Waals surface area contributed by atoms with Gasteiger partial charge in [0, 0.05) is 14.5 Å². The molecule has 0 bridgehead atoms. The molecule has 0 N–H and O–H groups in total. The molecule has 0 aromatic rings. The molecule has 0 aromatic heterocycles. The fourth-order valence-electron chi connectivity index (χ4n) is 1.26. The van der Waals surface area contributed by atoms with Crippen LogP contribution in [0.4, 0.5) is 0 Å². The molecule has 0 amide bonds. The van der Waals surface area contributed by atoms with E-state index in [2.05, 4.69) is 31.9 Å². The summed E-state index contributed by atoms with van der Waals surface area (Å²) in [4.78, 5) is 11.5. The third-order valence-corrected chi connectivity index (χ3v) is 4.63. The van der Waals surface area contributed by atoms with Gasteiger partial charge < -0.3 is 0 Å². The maximum absolute atomic E-state index is 11.5. The average molecular weight is 294 g/mol. The van der Waals surface area contributed by atoms with E-state index in [9.17, 15) is 4.79 Å². The molecule has 0 radical (unpaired) electrons. The third-order valence-electron chi connectivity index (χ3n) is 2.16. The van der Waals surface area contributed by atoms with Crippen LogP contribution in [-0.4, -0.2) is 5.78 Å². The first-order valence-corrected chi connectivity index (χ1v) is 5.32. The topological polar surface area (TPSA) is 17.1 Å². The Morgan fingerprint density at radius 2 is 1.67 bits per heavy atom. The number of carbonyl (C=O) groups is 1. The van der Waals surface area contributed by atoms with Gasteiger partial charge >= 0.3 is 0 Å². The maximum atomic E-state index is 11.5. The molecule has 1 nitrogen and oxygen atoms in total. The minimum atomic E-state index is -0.0219. The number of hydrogen-bond donors (Lipinski definition) is 0. The van der Waals surface area contributed by atoms with Gasteiger partial charge in [0.25, 0.3) is 0 Å². The van der Waals surface area contributed by atoms with Gasteiger partial charge in [0.05, 0.1) is 5.92 Å². The highest BCUT2D eigenvalue weighted by molar-refractivity contribution is 9.12. The van der Waals surface area contributed by atoms with Crippen molar-refractivity contribution in [1.29, 1.82) is 0 Å². The molecule has 0 aliphatic heterocycles. The number of ketones is 1. The van der Waals surface area contributed by atoms with Crippen molar-refractivity contribution >= 4 is 37.6 Å². The molecule has 0 heterocycles. The molecule has 1 unspecified atom stereocenters. The Balaban J connectivity index is 3.27. The number of allylic oxidation sites excluding steroid dienone is 4. The van der Waals surface area contributed by atoms with E-state index in [1.807, 2.05) is 20.8 Å². The Labute approximate surface area is 89.2 Å². The second-order valence-corrected chi connectivity index (χ2v) is 4.65. The molecule has 1 aliphatic carbocycles. The van der Waals surface area contributed by atoms with Crippen LogP contribution >= 0.6 is 31.9 Å². The number of hydrogen-bond acceptors (Lipinski definition) is 1. The number of carbonyl (C=O) groups excluding carboxylic acids is 1. The predicted octanol–water partition coefficient (Wildman–Crippen LogP) is 3.54. The van der Waals surface area contributed by atoms with Gasteiger partial charge in [-0.15, -0.1) is 0 Å². The van der Waals surface area contributed by atoms with E-state index in [-0.39, 0.29) is 11.7 Å². The Kier molecular flexibility index (Phi) is 2.94. The summed E-state index contributed by atoms with van der Waals surface area (Å²) in [6.07, 6.45) is 0. The molecule has 0 aromatic carbocycles. The summed E-state index contributed by atoms with van der Waals surface area (Å²) in [6.45, 7) is 5.77. The Morgan fingerprint density at radius 3 is 2.17 bits per heavy atom. The standard InChI is InChI=1S/C9H10Br2O/c1-4-7(10)5(2)9(12)6(3)8(4)11/h5H,1-3H3. The van der Waals surface area contributed by atoms with Crippen LogP contribution in [0.1, 0.15) is 20.8 Å². The van der Waals surface area contributed by atoms with Crippen molar-refractivity contribution in [1.82, 2.24) is 0 Å². The van der Waals surface area contributed by atoms with Crippen LogP contribution in [0.15, 0.2) is 20.1 Å². The molecule has 66 valence electrons. The van der Waals surface area contributed by atoms with Gasteiger partial charge in [-0.2, -0.15) is 0 Å². The molecule has 0 saturated carbocycles. The largest absolute Gasteiger partial charge is 0.294 e. The molecule has 0 fully saturated rings. The fourth-order valence-corrected chi connectivity index (χ4v) is 2.34. The van der Waals surface area contributed by atoms with Crippen LogP contribution < -0.4 is 0 Å². The van der Waals surface area contributed by atoms with Gasteiger partial charge in [0.2, 0.25) is 0 Å². The van der Waals surface area contributed by atoms with Crippen molar-refractivity contribution < 1.29 is 4.79 Å². The molecular weight excluding hydrogens is 284 g/mol. The van der Waals surface area contributed by atoms with Crippen molar-refractivity contribution in [3.8, 4) is 0 Å². The van der Waals surface area contributed by atoms with Crippen molar-refractivity contribution in [3.63, 3.8) is 0 Å². The van der Waals surface area contributed by atoms with Crippen molar-refractivity contribution in [2.45, 2.75) is 20.8 Å². The van der Waals surface area contributed by atoms with Crippen molar-refractivity contribution in [2.75, 3.05) is 0 Å². The maximum Gasteiger partial charge on any atom is 0.167 e. The van der Waals surface area contributed by atoms with Crippen LogP contribution in [-0.2, 0) is 4.79 Å². The van der Waals surface area contributed by atoms with Crippen molar-refractivity contribution in [2.24, 2.45) is 5.92 Å². The summed E-state index contributed by atoms with van der Waals surface area (Å²) >= 11 is 6.82. The molecule has 1 atom stereocenters. The normalized spacial score (nSPS) is 25.4. The highest BCUT2D eigenvalue weighted by atomic mass is 79.9. The number of halogens is 2. The second kappa shape index (κ2) is 3.46. The predicted molar refractivity (Wildman–Crippen MR) is 57.4 cm³/mol. The van der Waals surface area contributed by atoms with Gasteiger partial charge in [-0.05, 0) is 19.4 Å². The first-order valence-electron chi connectivity index (χ1n) is 3.74. The Hall–Kier alpha value is 0.110. The average Bonchev–Trinajstić information content (AvgIpc) is 2.08. The fraction of sp³-hybridized carbons (Fsp3) is 0.444. The van der Waals surface area contributed by atoms with Gasteiger partial charge in [-0.25, -0.2) is 0 Å². The second-order valence-electron chi connectivity index (χ2n) is 3.00. The van der Waals surface area contributed by atoms with Crippen molar-refractivity contribution in [3.05, 3.63) is 20.1 Å². The molecule has 1 rings (SSSR count). The zero-order valence-corrected chi connectivity index (χ0v) is 10.4. The van der Waals surface area contributed by atoms with E-state index >= 15 is 0 Å². The highest BCUT2D eigenvalue weighted by Gasteiger charge is 2.26. The SMILES string of the molecule is CC1=C(Br)C(C)=C(Br)C(C)C1=O. The number of rotatable bonds is 0. The zero-order valence-electron chi connectivity index (χ0n) is 7.24. The monoisotopic (exact) mass is 292 g/mol. The van der Waals surface area contributed by atoms with Crippen LogP contribution in [0.25, 0.3) is 0 Å². The molecule has 12 heavy (non-hydrogen) atoms. The molecule has 0 spiro atoms. The summed E-state index contributed by atoms with van der Waals surface area (Å²) in [7, 11) is 0. The van der Waals surface area contributed by atoms with E-state index in [0.717, 1.165) is 20.1 Å². The minimum absolute atomic E-state index is 0.0219. The van der Waals surface area contributed by atoms with Crippen LogP contribution in [0, 0.1) is 5.92 Å². The van der Waals surface area contributed by atoms with Crippen LogP contribution in [0.2, 0.25) is 0 Å².